The minimum Gasteiger partial charge on any atom is -0.481 e. The van der Waals surface area contributed by atoms with Gasteiger partial charge in [-0.3, -0.25) is 9.78 Å². The van der Waals surface area contributed by atoms with E-state index in [1.54, 1.807) is 24.3 Å². The third kappa shape index (κ3) is 2.90. The summed E-state index contributed by atoms with van der Waals surface area (Å²) < 4.78 is 0. The Bertz CT molecular complexity index is 372. The fourth-order valence-corrected chi connectivity index (χ4v) is 0.965. The van der Waals surface area contributed by atoms with Crippen molar-refractivity contribution in [2.75, 3.05) is 5.73 Å². The molecule has 3 N–H and O–H groups in total. The topological polar surface area (TPSA) is 76.2 Å². The summed E-state index contributed by atoms with van der Waals surface area (Å²) in [6.45, 7) is 1.81. The highest BCUT2D eigenvalue weighted by atomic mass is 16.4. The number of carboxylic acid groups (broad SMARTS) is 1. The lowest BCUT2D eigenvalue weighted by atomic mass is 10.2. The van der Waals surface area contributed by atoms with Gasteiger partial charge in [-0.1, -0.05) is 6.08 Å². The fraction of sp³-hybridized carbons (Fsp3) is 0.200. The van der Waals surface area contributed by atoms with E-state index in [-0.39, 0.29) is 6.42 Å². The Labute approximate surface area is 82.1 Å². The number of anilines is 1. The van der Waals surface area contributed by atoms with Crippen LogP contribution in [-0.2, 0) is 4.79 Å². The number of carbonyl (C=O) groups is 1. The van der Waals surface area contributed by atoms with Crippen molar-refractivity contribution in [1.82, 2.24) is 4.98 Å². The molecular formula is C10H12N2O2. The number of nitrogens with zero attached hydrogens (tertiary/aromatic N) is 1. The molecule has 4 heteroatoms. The first kappa shape index (κ1) is 10.2. The lowest BCUT2D eigenvalue weighted by molar-refractivity contribution is -0.135. The molecule has 0 atom stereocenters. The van der Waals surface area contributed by atoms with Crippen LogP contribution in [0.5, 0.6) is 0 Å². The molecule has 0 aliphatic rings. The molecule has 0 radical (unpaired) electrons. The third-order valence-corrected chi connectivity index (χ3v) is 1.73. The molecule has 0 spiro atoms. The molecule has 0 aliphatic heterocycles. The third-order valence-electron chi connectivity index (χ3n) is 1.73. The van der Waals surface area contributed by atoms with Crippen molar-refractivity contribution in [3.8, 4) is 0 Å². The van der Waals surface area contributed by atoms with Gasteiger partial charge in [-0.05, 0) is 25.1 Å². The van der Waals surface area contributed by atoms with E-state index >= 15 is 0 Å². The van der Waals surface area contributed by atoms with Gasteiger partial charge in [0, 0.05) is 0 Å². The van der Waals surface area contributed by atoms with Crippen molar-refractivity contribution in [3.05, 3.63) is 29.6 Å². The molecule has 74 valence electrons. The number of aryl methyl sites for hydroxylation is 1. The summed E-state index contributed by atoms with van der Waals surface area (Å²) in [7, 11) is 0. The highest BCUT2D eigenvalue weighted by Gasteiger charge is 1.95. The highest BCUT2D eigenvalue weighted by Crippen LogP contribution is 2.09. The number of carboxylic acids is 1. The first-order valence-electron chi connectivity index (χ1n) is 4.21. The second-order valence-corrected chi connectivity index (χ2v) is 2.91. The number of rotatable bonds is 3. The van der Waals surface area contributed by atoms with Gasteiger partial charge in [0.1, 0.15) is 0 Å². The van der Waals surface area contributed by atoms with E-state index in [2.05, 4.69) is 4.98 Å². The molecule has 1 heterocycles. The van der Waals surface area contributed by atoms with Crippen molar-refractivity contribution < 1.29 is 9.90 Å². The number of nitrogens with two attached hydrogens (primary N) is 1. The van der Waals surface area contributed by atoms with E-state index in [1.165, 1.54) is 0 Å². The molecule has 0 amide bonds. The van der Waals surface area contributed by atoms with Gasteiger partial charge in [0.25, 0.3) is 0 Å². The standard InChI is InChI=1S/C10H12N2O2/c1-7-9(11)6-5-8(12-7)3-2-4-10(13)14/h2-3,5-6H,4,11H2,1H3,(H,13,14). The summed E-state index contributed by atoms with van der Waals surface area (Å²) in [6, 6.07) is 3.50. The van der Waals surface area contributed by atoms with Gasteiger partial charge in [0.15, 0.2) is 0 Å². The summed E-state index contributed by atoms with van der Waals surface area (Å²) in [4.78, 5) is 14.4. The predicted octanol–water partition coefficient (Wildman–Crippen LogP) is 1.46. The van der Waals surface area contributed by atoms with Crippen molar-refractivity contribution in [2.24, 2.45) is 0 Å². The van der Waals surface area contributed by atoms with E-state index in [1.807, 2.05) is 6.92 Å². The molecule has 0 saturated carbocycles. The van der Waals surface area contributed by atoms with Crippen LogP contribution in [0.3, 0.4) is 0 Å². The predicted molar refractivity (Wildman–Crippen MR) is 54.7 cm³/mol. The van der Waals surface area contributed by atoms with E-state index in [0.29, 0.717) is 5.69 Å². The van der Waals surface area contributed by atoms with Gasteiger partial charge in [-0.2, -0.15) is 0 Å². The Morgan fingerprint density at radius 2 is 2.36 bits per heavy atom. The summed E-state index contributed by atoms with van der Waals surface area (Å²) in [5, 5.41) is 8.40. The van der Waals surface area contributed by atoms with Crippen molar-refractivity contribution >= 4 is 17.7 Å². The smallest absolute Gasteiger partial charge is 0.307 e. The first-order valence-corrected chi connectivity index (χ1v) is 4.21. The van der Waals surface area contributed by atoms with Crippen LogP contribution in [0.15, 0.2) is 18.2 Å². The second kappa shape index (κ2) is 4.41. The molecule has 4 nitrogen and oxygen atoms in total. The second-order valence-electron chi connectivity index (χ2n) is 2.91. The average Bonchev–Trinajstić information content (AvgIpc) is 2.10. The van der Waals surface area contributed by atoms with Gasteiger partial charge in [-0.15, -0.1) is 0 Å². The maximum Gasteiger partial charge on any atom is 0.307 e. The summed E-state index contributed by atoms with van der Waals surface area (Å²) in [6.07, 6.45) is 3.23. The van der Waals surface area contributed by atoms with Crippen LogP contribution < -0.4 is 5.73 Å². The Morgan fingerprint density at radius 3 is 2.93 bits per heavy atom. The summed E-state index contributed by atoms with van der Waals surface area (Å²) in [5.41, 5.74) is 7.70. The van der Waals surface area contributed by atoms with E-state index in [4.69, 9.17) is 10.8 Å². The Morgan fingerprint density at radius 1 is 1.64 bits per heavy atom. The molecule has 14 heavy (non-hydrogen) atoms. The summed E-state index contributed by atoms with van der Waals surface area (Å²) >= 11 is 0. The van der Waals surface area contributed by atoms with Crippen LogP contribution in [0.4, 0.5) is 5.69 Å². The van der Waals surface area contributed by atoms with Gasteiger partial charge >= 0.3 is 5.97 Å². The van der Waals surface area contributed by atoms with Crippen LogP contribution in [0.2, 0.25) is 0 Å². The Hall–Kier alpha value is -1.84. The number of hydrogen-bond donors (Lipinski definition) is 2. The van der Waals surface area contributed by atoms with Gasteiger partial charge in [0.05, 0.1) is 23.5 Å². The number of aliphatic carboxylic acids is 1. The van der Waals surface area contributed by atoms with Crippen molar-refractivity contribution in [2.45, 2.75) is 13.3 Å². The number of aromatic nitrogens is 1. The molecule has 0 saturated heterocycles. The molecule has 0 aromatic carbocycles. The zero-order chi connectivity index (χ0) is 10.6. The minimum absolute atomic E-state index is 0.00506. The maximum atomic E-state index is 10.2. The highest BCUT2D eigenvalue weighted by molar-refractivity contribution is 5.70. The Kier molecular flexibility index (Phi) is 3.23. The molecule has 0 fully saturated rings. The molecular weight excluding hydrogens is 180 g/mol. The minimum atomic E-state index is -0.853. The molecule has 0 unspecified atom stereocenters. The number of pyridine rings is 1. The molecule has 1 aromatic rings. The lowest BCUT2D eigenvalue weighted by Gasteiger charge is -1.99. The SMILES string of the molecule is Cc1nc(C=CCC(=O)O)ccc1N. The van der Waals surface area contributed by atoms with Crippen molar-refractivity contribution in [1.29, 1.82) is 0 Å². The average molecular weight is 192 g/mol. The zero-order valence-corrected chi connectivity index (χ0v) is 7.90. The summed E-state index contributed by atoms with van der Waals surface area (Å²) in [5.74, 6) is -0.853. The molecule has 0 bridgehead atoms. The van der Waals surface area contributed by atoms with Crippen molar-refractivity contribution in [3.63, 3.8) is 0 Å². The molecule has 1 aromatic heterocycles. The number of nitrogen functional groups attached to an aromatic ring is 1. The Balaban J connectivity index is 2.73. The van der Waals surface area contributed by atoms with Crippen LogP contribution in [-0.4, -0.2) is 16.1 Å². The van der Waals surface area contributed by atoms with Gasteiger partial charge in [0.2, 0.25) is 0 Å². The fourth-order valence-electron chi connectivity index (χ4n) is 0.965. The largest absolute Gasteiger partial charge is 0.481 e. The quantitative estimate of drug-likeness (QED) is 0.760. The molecule has 1 rings (SSSR count). The lowest BCUT2D eigenvalue weighted by Crippen LogP contribution is -1.94. The van der Waals surface area contributed by atoms with Crippen LogP contribution in [0, 0.1) is 6.92 Å². The number of hydrogen-bond acceptors (Lipinski definition) is 3. The zero-order valence-electron chi connectivity index (χ0n) is 7.90. The van der Waals surface area contributed by atoms with Gasteiger partial charge < -0.3 is 10.8 Å². The van der Waals surface area contributed by atoms with Crippen LogP contribution in [0.25, 0.3) is 6.08 Å². The first-order chi connectivity index (χ1) is 6.59. The maximum absolute atomic E-state index is 10.2. The van der Waals surface area contributed by atoms with Gasteiger partial charge in [-0.25, -0.2) is 0 Å². The van der Waals surface area contributed by atoms with E-state index < -0.39 is 5.97 Å². The van der Waals surface area contributed by atoms with Crippen LogP contribution in [0.1, 0.15) is 17.8 Å². The van der Waals surface area contributed by atoms with E-state index in [9.17, 15) is 4.79 Å². The van der Waals surface area contributed by atoms with Crippen LogP contribution >= 0.6 is 0 Å². The molecule has 0 aliphatic carbocycles. The van der Waals surface area contributed by atoms with E-state index in [0.717, 1.165) is 11.4 Å². The monoisotopic (exact) mass is 192 g/mol. The normalized spacial score (nSPS) is 10.6.